The zero-order valence-corrected chi connectivity index (χ0v) is 9.71. The predicted molar refractivity (Wildman–Crippen MR) is 62.3 cm³/mol. The summed E-state index contributed by atoms with van der Waals surface area (Å²) in [6.45, 7) is 2.16. The van der Waals surface area contributed by atoms with Crippen LogP contribution < -0.4 is 10.1 Å². The number of nitrogens with one attached hydrogen (secondary N) is 1. The van der Waals surface area contributed by atoms with Crippen LogP contribution in [0.5, 0.6) is 5.75 Å². The van der Waals surface area contributed by atoms with E-state index in [1.165, 1.54) is 24.0 Å². The lowest BCUT2D eigenvalue weighted by molar-refractivity contribution is 0.413. The maximum absolute atomic E-state index is 5.22. The first-order chi connectivity index (χ1) is 7.26. The van der Waals surface area contributed by atoms with Crippen molar-refractivity contribution >= 4 is 0 Å². The molecular formula is C13H19NO. The highest BCUT2D eigenvalue weighted by Crippen LogP contribution is 2.41. The van der Waals surface area contributed by atoms with Gasteiger partial charge in [0.05, 0.1) is 7.11 Å². The summed E-state index contributed by atoms with van der Waals surface area (Å²) in [6, 6.07) is 6.88. The Hall–Kier alpha value is -1.02. The number of hydrogen-bond acceptors (Lipinski definition) is 2. The zero-order valence-electron chi connectivity index (χ0n) is 9.71. The quantitative estimate of drug-likeness (QED) is 0.816. The maximum Gasteiger partial charge on any atom is 0.119 e. The molecule has 1 saturated carbocycles. The summed E-state index contributed by atoms with van der Waals surface area (Å²) in [5.74, 6) is 1.78. The second-order valence-corrected chi connectivity index (χ2v) is 4.33. The van der Waals surface area contributed by atoms with Gasteiger partial charge in [-0.3, -0.25) is 0 Å². The number of hydrogen-bond donors (Lipinski definition) is 1. The van der Waals surface area contributed by atoms with Crippen LogP contribution in [0.2, 0.25) is 0 Å². The third-order valence-corrected chi connectivity index (χ3v) is 3.22. The fourth-order valence-electron chi connectivity index (χ4n) is 2.20. The van der Waals surface area contributed by atoms with Gasteiger partial charge in [-0.2, -0.15) is 0 Å². The molecule has 1 fully saturated rings. The van der Waals surface area contributed by atoms with Crippen molar-refractivity contribution < 1.29 is 4.74 Å². The van der Waals surface area contributed by atoms with E-state index in [4.69, 9.17) is 4.74 Å². The Morgan fingerprint density at radius 2 is 2.13 bits per heavy atom. The summed E-state index contributed by atoms with van der Waals surface area (Å²) < 4.78 is 5.22. The molecule has 0 radical (unpaired) electrons. The minimum Gasteiger partial charge on any atom is -0.497 e. The van der Waals surface area contributed by atoms with Gasteiger partial charge in [0, 0.05) is 6.04 Å². The van der Waals surface area contributed by atoms with E-state index >= 15 is 0 Å². The van der Waals surface area contributed by atoms with E-state index in [1.807, 2.05) is 7.05 Å². The molecule has 0 spiro atoms. The first-order valence-electron chi connectivity index (χ1n) is 5.58. The molecule has 2 nitrogen and oxygen atoms in total. The van der Waals surface area contributed by atoms with Crippen molar-refractivity contribution in [2.45, 2.75) is 25.8 Å². The van der Waals surface area contributed by atoms with Gasteiger partial charge in [-0.1, -0.05) is 6.07 Å². The number of aryl methyl sites for hydroxylation is 1. The molecular weight excluding hydrogens is 186 g/mol. The predicted octanol–water partition coefficient (Wildman–Crippen LogP) is 2.67. The van der Waals surface area contributed by atoms with Crippen molar-refractivity contribution in [2.75, 3.05) is 14.2 Å². The van der Waals surface area contributed by atoms with E-state index in [1.54, 1.807) is 7.11 Å². The highest BCUT2D eigenvalue weighted by Gasteiger charge is 2.31. The topological polar surface area (TPSA) is 21.3 Å². The summed E-state index contributed by atoms with van der Waals surface area (Å²) in [6.07, 6.45) is 2.72. The Kier molecular flexibility index (Phi) is 2.96. The van der Waals surface area contributed by atoms with Gasteiger partial charge in [0.15, 0.2) is 0 Å². The second kappa shape index (κ2) is 4.23. The monoisotopic (exact) mass is 205 g/mol. The SMILES string of the molecule is CNC(c1ccc(OC)cc1C)C1CC1. The van der Waals surface area contributed by atoms with E-state index < -0.39 is 0 Å². The normalized spacial score (nSPS) is 17.5. The van der Waals surface area contributed by atoms with Crippen LogP contribution in [0.3, 0.4) is 0 Å². The molecule has 82 valence electrons. The molecule has 2 heteroatoms. The summed E-state index contributed by atoms with van der Waals surface area (Å²) in [5.41, 5.74) is 2.74. The van der Waals surface area contributed by atoms with Crippen molar-refractivity contribution in [3.8, 4) is 5.75 Å². The van der Waals surface area contributed by atoms with Gasteiger partial charge in [-0.25, -0.2) is 0 Å². The smallest absolute Gasteiger partial charge is 0.119 e. The Bertz CT molecular complexity index is 344. The van der Waals surface area contributed by atoms with Crippen LogP contribution in [0, 0.1) is 12.8 Å². The first kappa shape index (κ1) is 10.5. The number of benzene rings is 1. The van der Waals surface area contributed by atoms with Crippen molar-refractivity contribution in [3.63, 3.8) is 0 Å². The number of methoxy groups -OCH3 is 1. The molecule has 2 rings (SSSR count). The molecule has 15 heavy (non-hydrogen) atoms. The van der Waals surface area contributed by atoms with Gasteiger partial charge in [-0.15, -0.1) is 0 Å². The first-order valence-corrected chi connectivity index (χ1v) is 5.58. The van der Waals surface area contributed by atoms with E-state index in [0.29, 0.717) is 6.04 Å². The van der Waals surface area contributed by atoms with E-state index in [-0.39, 0.29) is 0 Å². The summed E-state index contributed by atoms with van der Waals surface area (Å²) >= 11 is 0. The summed E-state index contributed by atoms with van der Waals surface area (Å²) in [5, 5.41) is 3.42. The molecule has 1 aliphatic carbocycles. The van der Waals surface area contributed by atoms with Crippen LogP contribution in [0.4, 0.5) is 0 Å². The van der Waals surface area contributed by atoms with Crippen LogP contribution in [0.25, 0.3) is 0 Å². The fraction of sp³-hybridized carbons (Fsp3) is 0.538. The fourth-order valence-corrected chi connectivity index (χ4v) is 2.20. The highest BCUT2D eigenvalue weighted by molar-refractivity contribution is 5.37. The Labute approximate surface area is 91.6 Å². The molecule has 0 aliphatic heterocycles. The second-order valence-electron chi connectivity index (χ2n) is 4.33. The minimum atomic E-state index is 0.524. The minimum absolute atomic E-state index is 0.524. The number of ether oxygens (including phenoxy) is 1. The van der Waals surface area contributed by atoms with Crippen LogP contribution >= 0.6 is 0 Å². The lowest BCUT2D eigenvalue weighted by Gasteiger charge is -2.18. The molecule has 1 atom stereocenters. The van der Waals surface area contributed by atoms with Crippen molar-refractivity contribution in [3.05, 3.63) is 29.3 Å². The third-order valence-electron chi connectivity index (χ3n) is 3.22. The average Bonchev–Trinajstić information content (AvgIpc) is 3.05. The number of rotatable bonds is 4. The van der Waals surface area contributed by atoms with Crippen LogP contribution in [0.15, 0.2) is 18.2 Å². The molecule has 1 aromatic rings. The Morgan fingerprint density at radius 1 is 1.40 bits per heavy atom. The maximum atomic E-state index is 5.22. The van der Waals surface area contributed by atoms with Gasteiger partial charge in [0.2, 0.25) is 0 Å². The molecule has 1 aliphatic rings. The molecule has 0 saturated heterocycles. The molecule has 1 unspecified atom stereocenters. The zero-order chi connectivity index (χ0) is 10.8. The molecule has 1 N–H and O–H groups in total. The highest BCUT2D eigenvalue weighted by atomic mass is 16.5. The third kappa shape index (κ3) is 2.15. The van der Waals surface area contributed by atoms with E-state index in [0.717, 1.165) is 11.7 Å². The van der Waals surface area contributed by atoms with E-state index in [2.05, 4.69) is 30.4 Å². The van der Waals surface area contributed by atoms with Gasteiger partial charge < -0.3 is 10.1 Å². The lowest BCUT2D eigenvalue weighted by Crippen LogP contribution is -2.19. The van der Waals surface area contributed by atoms with E-state index in [9.17, 15) is 0 Å². The van der Waals surface area contributed by atoms with Gasteiger partial charge in [-0.05, 0) is 56.0 Å². The lowest BCUT2D eigenvalue weighted by atomic mass is 9.97. The van der Waals surface area contributed by atoms with Crippen molar-refractivity contribution in [2.24, 2.45) is 5.92 Å². The van der Waals surface area contributed by atoms with Gasteiger partial charge >= 0.3 is 0 Å². The molecule has 1 aromatic carbocycles. The largest absolute Gasteiger partial charge is 0.497 e. The standard InChI is InChI=1S/C13H19NO/c1-9-8-11(15-3)6-7-12(9)13(14-2)10-4-5-10/h6-8,10,13-14H,4-5H2,1-3H3. The van der Waals surface area contributed by atoms with Crippen molar-refractivity contribution in [1.82, 2.24) is 5.32 Å². The van der Waals surface area contributed by atoms with Crippen LogP contribution in [-0.2, 0) is 0 Å². The van der Waals surface area contributed by atoms with Crippen molar-refractivity contribution in [1.29, 1.82) is 0 Å². The summed E-state index contributed by atoms with van der Waals surface area (Å²) in [7, 11) is 3.76. The Balaban J connectivity index is 2.26. The van der Waals surface area contributed by atoms with Gasteiger partial charge in [0.1, 0.15) is 5.75 Å². The van der Waals surface area contributed by atoms with Crippen LogP contribution in [0.1, 0.15) is 30.0 Å². The average molecular weight is 205 g/mol. The molecule has 0 amide bonds. The Morgan fingerprint density at radius 3 is 2.60 bits per heavy atom. The molecule has 0 bridgehead atoms. The summed E-state index contributed by atoms with van der Waals surface area (Å²) in [4.78, 5) is 0. The van der Waals surface area contributed by atoms with Gasteiger partial charge in [0.25, 0.3) is 0 Å². The van der Waals surface area contributed by atoms with Crippen LogP contribution in [-0.4, -0.2) is 14.2 Å². The molecule has 0 aromatic heterocycles. The molecule has 0 heterocycles.